The highest BCUT2D eigenvalue weighted by atomic mass is 16.3. The third-order valence-electron chi connectivity index (χ3n) is 3.52. The number of carbonyl (C=O) groups excluding carboxylic acids is 1. The molecule has 5 nitrogen and oxygen atoms in total. The summed E-state index contributed by atoms with van der Waals surface area (Å²) in [4.78, 5) is 12.1. The Balaban J connectivity index is 2.65. The average Bonchev–Trinajstić information content (AvgIpc) is 2.47. The first-order valence-corrected chi connectivity index (χ1v) is 6.83. The number of anilines is 1. The molecule has 112 valence electrons. The molecule has 1 amide bonds. The maximum Gasteiger partial charge on any atom is 0.241 e. The van der Waals surface area contributed by atoms with Crippen LogP contribution in [-0.4, -0.2) is 40.9 Å². The van der Waals surface area contributed by atoms with Gasteiger partial charge in [-0.2, -0.15) is 0 Å². The maximum atomic E-state index is 12.1. The lowest BCUT2D eigenvalue weighted by molar-refractivity contribution is -0.118. The second-order valence-corrected chi connectivity index (χ2v) is 5.17. The van der Waals surface area contributed by atoms with E-state index in [0.29, 0.717) is 6.42 Å². The van der Waals surface area contributed by atoms with Gasteiger partial charge in [-0.1, -0.05) is 24.6 Å². The van der Waals surface area contributed by atoms with Crippen LogP contribution in [0.15, 0.2) is 24.3 Å². The van der Waals surface area contributed by atoms with Gasteiger partial charge in [-0.3, -0.25) is 10.1 Å². The summed E-state index contributed by atoms with van der Waals surface area (Å²) < 4.78 is 0. The van der Waals surface area contributed by atoms with Gasteiger partial charge in [0.25, 0.3) is 0 Å². The molecule has 20 heavy (non-hydrogen) atoms. The molecule has 0 saturated carbocycles. The number of rotatable bonds is 7. The van der Waals surface area contributed by atoms with E-state index in [1.807, 2.05) is 38.1 Å². The number of benzene rings is 1. The fourth-order valence-corrected chi connectivity index (χ4v) is 1.88. The first kappa shape index (κ1) is 16.6. The van der Waals surface area contributed by atoms with Crippen LogP contribution >= 0.6 is 0 Å². The van der Waals surface area contributed by atoms with Gasteiger partial charge in [0, 0.05) is 5.69 Å². The topological polar surface area (TPSA) is 81.6 Å². The molecule has 0 fully saturated rings. The normalized spacial score (nSPS) is 13.1. The van der Waals surface area contributed by atoms with Crippen molar-refractivity contribution in [3.05, 3.63) is 29.8 Å². The minimum atomic E-state index is -0.829. The molecule has 5 heteroatoms. The van der Waals surface area contributed by atoms with Crippen LogP contribution in [0.1, 0.15) is 25.8 Å². The number of aryl methyl sites for hydroxylation is 1. The largest absolute Gasteiger partial charge is 0.394 e. The van der Waals surface area contributed by atoms with Crippen LogP contribution < -0.4 is 10.6 Å². The van der Waals surface area contributed by atoms with Gasteiger partial charge >= 0.3 is 0 Å². The minimum absolute atomic E-state index is 0.200. The van der Waals surface area contributed by atoms with Crippen LogP contribution in [0.4, 0.5) is 5.69 Å². The molecule has 1 unspecified atom stereocenters. The Morgan fingerprint density at radius 3 is 2.25 bits per heavy atom. The smallest absolute Gasteiger partial charge is 0.241 e. The predicted octanol–water partition coefficient (Wildman–Crippen LogP) is 1.05. The molecule has 0 heterocycles. The second-order valence-electron chi connectivity index (χ2n) is 5.17. The fourth-order valence-electron chi connectivity index (χ4n) is 1.88. The monoisotopic (exact) mass is 280 g/mol. The first-order chi connectivity index (χ1) is 9.46. The van der Waals surface area contributed by atoms with E-state index in [-0.39, 0.29) is 19.1 Å². The first-order valence-electron chi connectivity index (χ1n) is 6.83. The van der Waals surface area contributed by atoms with Crippen LogP contribution in [0.2, 0.25) is 0 Å². The summed E-state index contributed by atoms with van der Waals surface area (Å²) in [5, 5.41) is 24.5. The van der Waals surface area contributed by atoms with Crippen LogP contribution in [-0.2, 0) is 4.79 Å². The summed E-state index contributed by atoms with van der Waals surface area (Å²) in [7, 11) is 0. The quantitative estimate of drug-likeness (QED) is 0.601. The highest BCUT2D eigenvalue weighted by molar-refractivity contribution is 5.94. The number of hydrogen-bond donors (Lipinski definition) is 4. The molecule has 1 rings (SSSR count). The van der Waals surface area contributed by atoms with Gasteiger partial charge < -0.3 is 15.5 Å². The molecule has 0 radical (unpaired) electrons. The summed E-state index contributed by atoms with van der Waals surface area (Å²) >= 11 is 0. The Bertz CT molecular complexity index is 419. The lowest BCUT2D eigenvalue weighted by Crippen LogP contribution is -2.57. The molecule has 0 saturated heterocycles. The van der Waals surface area contributed by atoms with E-state index in [9.17, 15) is 15.0 Å². The van der Waals surface area contributed by atoms with E-state index in [2.05, 4.69) is 10.6 Å². The summed E-state index contributed by atoms with van der Waals surface area (Å²) in [6, 6.07) is 7.00. The standard InChI is InChI=1S/C15H24N2O3/c1-4-15(9-18,10-19)17-12(3)14(20)16-13-7-5-11(2)6-8-13/h5-8,12,17-19H,4,9-10H2,1-3H3,(H,16,20). The molecule has 0 aliphatic carbocycles. The van der Waals surface area contributed by atoms with Gasteiger partial charge in [0.05, 0.1) is 24.8 Å². The summed E-state index contributed by atoms with van der Waals surface area (Å²) in [5.41, 5.74) is 1.02. The van der Waals surface area contributed by atoms with Gasteiger partial charge in [-0.25, -0.2) is 0 Å². The predicted molar refractivity (Wildman–Crippen MR) is 79.6 cm³/mol. The molecular formula is C15H24N2O3. The van der Waals surface area contributed by atoms with Crippen molar-refractivity contribution in [2.24, 2.45) is 0 Å². The highest BCUT2D eigenvalue weighted by Crippen LogP contribution is 2.12. The van der Waals surface area contributed by atoms with Gasteiger partial charge in [-0.15, -0.1) is 0 Å². The lowest BCUT2D eigenvalue weighted by Gasteiger charge is -2.32. The van der Waals surface area contributed by atoms with Crippen molar-refractivity contribution in [2.75, 3.05) is 18.5 Å². The van der Waals surface area contributed by atoms with Crippen molar-refractivity contribution in [3.63, 3.8) is 0 Å². The molecule has 1 atom stereocenters. The van der Waals surface area contributed by atoms with Crippen molar-refractivity contribution in [1.29, 1.82) is 0 Å². The third kappa shape index (κ3) is 4.30. The number of aliphatic hydroxyl groups excluding tert-OH is 2. The summed E-state index contributed by atoms with van der Waals surface area (Å²) in [6.45, 7) is 5.10. The van der Waals surface area contributed by atoms with Crippen LogP contribution in [0, 0.1) is 6.92 Å². The van der Waals surface area contributed by atoms with Crippen LogP contribution in [0.3, 0.4) is 0 Å². The third-order valence-corrected chi connectivity index (χ3v) is 3.52. The average molecular weight is 280 g/mol. The zero-order valence-electron chi connectivity index (χ0n) is 12.3. The number of amides is 1. The van der Waals surface area contributed by atoms with Crippen LogP contribution in [0.5, 0.6) is 0 Å². The summed E-state index contributed by atoms with van der Waals surface area (Å²) in [5.74, 6) is -0.200. The van der Waals surface area contributed by atoms with Gasteiger partial charge in [0.15, 0.2) is 0 Å². The fraction of sp³-hybridized carbons (Fsp3) is 0.533. The Labute approximate surface area is 120 Å². The molecular weight excluding hydrogens is 256 g/mol. The number of aliphatic hydroxyl groups is 2. The Morgan fingerprint density at radius 2 is 1.80 bits per heavy atom. The molecule has 0 aromatic heterocycles. The molecule has 4 N–H and O–H groups in total. The molecule has 1 aromatic rings. The van der Waals surface area contributed by atoms with E-state index in [0.717, 1.165) is 11.3 Å². The zero-order valence-corrected chi connectivity index (χ0v) is 12.3. The lowest BCUT2D eigenvalue weighted by atomic mass is 9.97. The van der Waals surface area contributed by atoms with E-state index in [1.165, 1.54) is 0 Å². The van der Waals surface area contributed by atoms with E-state index in [1.54, 1.807) is 6.92 Å². The van der Waals surface area contributed by atoms with Crippen molar-refractivity contribution in [1.82, 2.24) is 5.32 Å². The van der Waals surface area contributed by atoms with Gasteiger partial charge in [-0.05, 0) is 32.4 Å². The molecule has 0 aliphatic rings. The van der Waals surface area contributed by atoms with E-state index >= 15 is 0 Å². The Hall–Kier alpha value is -1.43. The van der Waals surface area contributed by atoms with Crippen molar-refractivity contribution >= 4 is 11.6 Å². The minimum Gasteiger partial charge on any atom is -0.394 e. The molecule has 0 aliphatic heterocycles. The number of carbonyl (C=O) groups is 1. The van der Waals surface area contributed by atoms with E-state index < -0.39 is 11.6 Å². The van der Waals surface area contributed by atoms with Crippen molar-refractivity contribution in [2.45, 2.75) is 38.8 Å². The number of hydrogen-bond acceptors (Lipinski definition) is 4. The van der Waals surface area contributed by atoms with Gasteiger partial charge in [0.1, 0.15) is 0 Å². The zero-order chi connectivity index (χ0) is 15.2. The second kappa shape index (κ2) is 7.38. The molecule has 0 bridgehead atoms. The highest BCUT2D eigenvalue weighted by Gasteiger charge is 2.30. The maximum absolute atomic E-state index is 12.1. The van der Waals surface area contributed by atoms with Crippen molar-refractivity contribution in [3.8, 4) is 0 Å². The summed E-state index contributed by atoms with van der Waals surface area (Å²) in [6.07, 6.45) is 0.530. The van der Waals surface area contributed by atoms with Gasteiger partial charge in [0.2, 0.25) is 5.91 Å². The number of nitrogens with one attached hydrogen (secondary N) is 2. The molecule has 1 aromatic carbocycles. The van der Waals surface area contributed by atoms with Crippen LogP contribution in [0.25, 0.3) is 0 Å². The van der Waals surface area contributed by atoms with E-state index in [4.69, 9.17) is 0 Å². The Morgan fingerprint density at radius 1 is 1.25 bits per heavy atom. The SMILES string of the molecule is CCC(CO)(CO)NC(C)C(=O)Nc1ccc(C)cc1. The Kier molecular flexibility index (Phi) is 6.13. The van der Waals surface area contributed by atoms with Crippen molar-refractivity contribution < 1.29 is 15.0 Å². The molecule has 0 spiro atoms.